The summed E-state index contributed by atoms with van der Waals surface area (Å²) in [6, 6.07) is 1.94. The van der Waals surface area contributed by atoms with Crippen LogP contribution in [0.1, 0.15) is 33.1 Å². The number of allylic oxidation sites excluding steroid dienone is 1. The highest BCUT2D eigenvalue weighted by Gasteiger charge is 2.21. The van der Waals surface area contributed by atoms with Gasteiger partial charge in [-0.1, -0.05) is 18.6 Å². The third-order valence-electron chi connectivity index (χ3n) is 4.09. The summed E-state index contributed by atoms with van der Waals surface area (Å²) >= 11 is 0. The van der Waals surface area contributed by atoms with Gasteiger partial charge >= 0.3 is 0 Å². The van der Waals surface area contributed by atoms with Gasteiger partial charge < -0.3 is 11.1 Å². The average Bonchev–Trinajstić information content (AvgIpc) is 2.84. The Bertz CT molecular complexity index is 492. The van der Waals surface area contributed by atoms with Gasteiger partial charge in [-0.3, -0.25) is 9.48 Å². The molecule has 0 bridgehead atoms. The molecule has 1 heterocycles. The first-order valence-corrected chi connectivity index (χ1v) is 7.28. The van der Waals surface area contributed by atoms with Gasteiger partial charge in [-0.05, 0) is 31.6 Å². The van der Waals surface area contributed by atoms with E-state index >= 15 is 0 Å². The molecule has 1 aliphatic carbocycles. The van der Waals surface area contributed by atoms with Crippen LogP contribution in [-0.2, 0) is 11.3 Å². The topological polar surface area (TPSA) is 72.9 Å². The van der Waals surface area contributed by atoms with Gasteiger partial charge in [0, 0.05) is 31.8 Å². The molecule has 0 spiro atoms. The maximum absolute atomic E-state index is 10.7. The zero-order chi connectivity index (χ0) is 14.5. The molecule has 0 fully saturated rings. The molecule has 3 N–H and O–H groups in total. The summed E-state index contributed by atoms with van der Waals surface area (Å²) in [5, 5.41) is 7.79. The summed E-state index contributed by atoms with van der Waals surface area (Å²) in [5.41, 5.74) is 6.61. The van der Waals surface area contributed by atoms with Gasteiger partial charge in [0.1, 0.15) is 5.82 Å². The van der Waals surface area contributed by atoms with E-state index in [1.807, 2.05) is 12.3 Å². The number of primary amides is 1. The molecule has 5 heteroatoms. The third kappa shape index (κ3) is 3.85. The van der Waals surface area contributed by atoms with Crippen LogP contribution in [-0.4, -0.2) is 22.2 Å². The number of nitrogens with one attached hydrogen (secondary N) is 1. The standard InChI is InChI=1S/C15H24N4O/c1-11-4-3-5-12(2)13(11)10-17-15-7-9-19(18-15)8-6-14(16)20/h4,7,9,12-13H,3,5-6,8,10H2,1-2H3,(H2,16,20)(H,17,18). The molecular weight excluding hydrogens is 252 g/mol. The van der Waals surface area contributed by atoms with Crippen molar-refractivity contribution in [1.82, 2.24) is 9.78 Å². The van der Waals surface area contributed by atoms with Crippen molar-refractivity contribution >= 4 is 11.7 Å². The Labute approximate surface area is 120 Å². The van der Waals surface area contributed by atoms with Crippen molar-refractivity contribution < 1.29 is 4.79 Å². The van der Waals surface area contributed by atoms with Crippen LogP contribution in [0.25, 0.3) is 0 Å². The van der Waals surface area contributed by atoms with E-state index in [1.165, 1.54) is 18.4 Å². The molecule has 110 valence electrons. The van der Waals surface area contributed by atoms with E-state index in [0.717, 1.165) is 12.4 Å². The van der Waals surface area contributed by atoms with Crippen LogP contribution in [0.5, 0.6) is 0 Å². The summed E-state index contributed by atoms with van der Waals surface area (Å²) in [4.78, 5) is 10.7. The Morgan fingerprint density at radius 1 is 1.60 bits per heavy atom. The first-order chi connectivity index (χ1) is 9.56. The molecule has 2 atom stereocenters. The van der Waals surface area contributed by atoms with Gasteiger partial charge in [-0.25, -0.2) is 0 Å². The highest BCUT2D eigenvalue weighted by Crippen LogP contribution is 2.30. The highest BCUT2D eigenvalue weighted by molar-refractivity contribution is 5.73. The van der Waals surface area contributed by atoms with Crippen molar-refractivity contribution in [2.24, 2.45) is 17.6 Å². The van der Waals surface area contributed by atoms with Crippen molar-refractivity contribution in [1.29, 1.82) is 0 Å². The minimum absolute atomic E-state index is 0.299. The van der Waals surface area contributed by atoms with E-state index in [-0.39, 0.29) is 5.91 Å². The minimum atomic E-state index is -0.299. The number of aryl methyl sites for hydroxylation is 1. The Kier molecular flexibility index (Phi) is 4.82. The second-order valence-corrected chi connectivity index (χ2v) is 5.67. The van der Waals surface area contributed by atoms with E-state index in [2.05, 4.69) is 30.3 Å². The number of carbonyl (C=O) groups is 1. The fraction of sp³-hybridized carbons (Fsp3) is 0.600. The first-order valence-electron chi connectivity index (χ1n) is 7.28. The number of aromatic nitrogens is 2. The zero-order valence-electron chi connectivity index (χ0n) is 12.3. The van der Waals surface area contributed by atoms with E-state index in [0.29, 0.717) is 24.8 Å². The normalized spacial score (nSPS) is 22.4. The van der Waals surface area contributed by atoms with E-state index in [9.17, 15) is 4.79 Å². The predicted octanol–water partition coefficient (Wildman–Crippen LogP) is 2.16. The summed E-state index contributed by atoms with van der Waals surface area (Å²) in [6.07, 6.45) is 7.00. The molecule has 1 aromatic rings. The van der Waals surface area contributed by atoms with Gasteiger partial charge in [0.2, 0.25) is 5.91 Å². The van der Waals surface area contributed by atoms with Crippen molar-refractivity contribution in [2.75, 3.05) is 11.9 Å². The lowest BCUT2D eigenvalue weighted by molar-refractivity contribution is -0.118. The van der Waals surface area contributed by atoms with E-state index in [1.54, 1.807) is 4.68 Å². The lowest BCUT2D eigenvalue weighted by atomic mass is 9.80. The predicted molar refractivity (Wildman–Crippen MR) is 80.2 cm³/mol. The zero-order valence-corrected chi connectivity index (χ0v) is 12.3. The molecule has 0 radical (unpaired) electrons. The molecule has 20 heavy (non-hydrogen) atoms. The van der Waals surface area contributed by atoms with Crippen LogP contribution in [0.3, 0.4) is 0 Å². The molecule has 1 amide bonds. The van der Waals surface area contributed by atoms with Crippen LogP contribution in [0, 0.1) is 11.8 Å². The smallest absolute Gasteiger partial charge is 0.219 e. The molecular formula is C15H24N4O. The number of nitrogens with zero attached hydrogens (tertiary/aromatic N) is 2. The van der Waals surface area contributed by atoms with Crippen LogP contribution < -0.4 is 11.1 Å². The van der Waals surface area contributed by atoms with Gasteiger partial charge in [0.15, 0.2) is 0 Å². The Balaban J connectivity index is 1.86. The molecule has 5 nitrogen and oxygen atoms in total. The number of hydrogen-bond donors (Lipinski definition) is 2. The summed E-state index contributed by atoms with van der Waals surface area (Å²) in [6.45, 7) is 5.98. The Morgan fingerprint density at radius 3 is 3.10 bits per heavy atom. The monoisotopic (exact) mass is 276 g/mol. The Morgan fingerprint density at radius 2 is 2.40 bits per heavy atom. The van der Waals surface area contributed by atoms with Crippen molar-refractivity contribution in [3.63, 3.8) is 0 Å². The second-order valence-electron chi connectivity index (χ2n) is 5.67. The number of hydrogen-bond acceptors (Lipinski definition) is 3. The van der Waals surface area contributed by atoms with Gasteiger partial charge in [0.05, 0.1) is 0 Å². The molecule has 0 saturated heterocycles. The fourth-order valence-electron chi connectivity index (χ4n) is 2.76. The van der Waals surface area contributed by atoms with Gasteiger partial charge in [0.25, 0.3) is 0 Å². The summed E-state index contributed by atoms with van der Waals surface area (Å²) in [5.74, 6) is 1.86. The number of nitrogens with two attached hydrogens (primary N) is 1. The number of rotatable bonds is 6. The van der Waals surface area contributed by atoms with Crippen molar-refractivity contribution in [3.8, 4) is 0 Å². The summed E-state index contributed by atoms with van der Waals surface area (Å²) in [7, 11) is 0. The molecule has 1 aliphatic rings. The Hall–Kier alpha value is -1.78. The lowest BCUT2D eigenvalue weighted by Crippen LogP contribution is -2.25. The van der Waals surface area contributed by atoms with Crippen LogP contribution in [0.2, 0.25) is 0 Å². The molecule has 1 aromatic heterocycles. The molecule has 2 rings (SSSR count). The third-order valence-corrected chi connectivity index (χ3v) is 4.09. The maximum Gasteiger partial charge on any atom is 0.219 e. The van der Waals surface area contributed by atoms with Crippen molar-refractivity contribution in [3.05, 3.63) is 23.9 Å². The van der Waals surface area contributed by atoms with Crippen LogP contribution >= 0.6 is 0 Å². The largest absolute Gasteiger partial charge is 0.370 e. The van der Waals surface area contributed by atoms with E-state index in [4.69, 9.17) is 5.73 Å². The van der Waals surface area contributed by atoms with Gasteiger partial charge in [-0.2, -0.15) is 5.10 Å². The summed E-state index contributed by atoms with van der Waals surface area (Å²) < 4.78 is 1.75. The van der Waals surface area contributed by atoms with Crippen LogP contribution in [0.4, 0.5) is 5.82 Å². The highest BCUT2D eigenvalue weighted by atomic mass is 16.1. The first kappa shape index (κ1) is 14.6. The molecule has 0 saturated carbocycles. The van der Waals surface area contributed by atoms with E-state index < -0.39 is 0 Å². The fourth-order valence-corrected chi connectivity index (χ4v) is 2.76. The maximum atomic E-state index is 10.7. The number of amides is 1. The molecule has 0 aromatic carbocycles. The quantitative estimate of drug-likeness (QED) is 0.782. The van der Waals surface area contributed by atoms with Gasteiger partial charge in [-0.15, -0.1) is 0 Å². The van der Waals surface area contributed by atoms with Crippen molar-refractivity contribution in [2.45, 2.75) is 39.7 Å². The number of anilines is 1. The lowest BCUT2D eigenvalue weighted by Gasteiger charge is -2.28. The second kappa shape index (κ2) is 6.59. The SMILES string of the molecule is CC1=CCCC(C)C1CNc1ccn(CCC(N)=O)n1. The minimum Gasteiger partial charge on any atom is -0.370 e. The molecule has 0 aliphatic heterocycles. The average molecular weight is 276 g/mol. The number of carbonyl (C=O) groups excluding carboxylic acids is 1. The molecule has 2 unspecified atom stereocenters. The van der Waals surface area contributed by atoms with Crippen LogP contribution in [0.15, 0.2) is 23.9 Å².